The van der Waals surface area contributed by atoms with Crippen molar-refractivity contribution in [1.82, 2.24) is 10.6 Å². The van der Waals surface area contributed by atoms with Gasteiger partial charge in [0.25, 0.3) is 0 Å². The van der Waals surface area contributed by atoms with Crippen LogP contribution in [0, 0.1) is 0 Å². The highest BCUT2D eigenvalue weighted by molar-refractivity contribution is 7.92. The SMILES string of the molecule is CCNC(=NCC(C)(C)S(C)(=O)=O)NCCc1ccc(OC)c(OC)c1. The standard InChI is InChI=1S/C18H31N3O4S/c1-7-19-17(21-13-18(2,3)26(6,22)23)20-11-10-14-8-9-15(24-4)16(12-14)25-5/h8-9,12H,7,10-11,13H2,1-6H3,(H2,19,20,21). The molecule has 0 amide bonds. The molecule has 0 aliphatic rings. The highest BCUT2D eigenvalue weighted by Crippen LogP contribution is 2.27. The molecule has 1 aromatic rings. The molecule has 0 heterocycles. The molecule has 0 unspecified atom stereocenters. The molecule has 0 radical (unpaired) electrons. The maximum Gasteiger partial charge on any atom is 0.191 e. The lowest BCUT2D eigenvalue weighted by Crippen LogP contribution is -2.41. The topological polar surface area (TPSA) is 89.0 Å². The number of hydrogen-bond acceptors (Lipinski definition) is 5. The molecule has 0 atom stereocenters. The maximum absolute atomic E-state index is 11.8. The molecule has 2 N–H and O–H groups in total. The Bertz CT molecular complexity index is 715. The van der Waals surface area contributed by atoms with Crippen LogP contribution in [0.5, 0.6) is 11.5 Å². The van der Waals surface area contributed by atoms with Gasteiger partial charge in [0.05, 0.1) is 25.5 Å². The molecule has 0 aliphatic heterocycles. The van der Waals surface area contributed by atoms with E-state index in [1.165, 1.54) is 6.26 Å². The van der Waals surface area contributed by atoms with E-state index >= 15 is 0 Å². The predicted molar refractivity (Wildman–Crippen MR) is 106 cm³/mol. The first-order valence-corrected chi connectivity index (χ1v) is 10.5. The fourth-order valence-corrected chi connectivity index (χ4v) is 2.39. The monoisotopic (exact) mass is 385 g/mol. The fraction of sp³-hybridized carbons (Fsp3) is 0.611. The number of ether oxygens (including phenoxy) is 2. The van der Waals surface area contributed by atoms with Gasteiger partial charge in [-0.25, -0.2) is 8.42 Å². The lowest BCUT2D eigenvalue weighted by atomic mass is 10.1. The largest absolute Gasteiger partial charge is 0.493 e. The minimum atomic E-state index is -3.18. The van der Waals surface area contributed by atoms with Crippen LogP contribution < -0.4 is 20.1 Å². The molecule has 0 saturated heterocycles. The van der Waals surface area contributed by atoms with Gasteiger partial charge < -0.3 is 20.1 Å². The first-order chi connectivity index (χ1) is 12.1. The number of methoxy groups -OCH3 is 2. The summed E-state index contributed by atoms with van der Waals surface area (Å²) in [5.74, 6) is 1.99. The van der Waals surface area contributed by atoms with Crippen LogP contribution in [-0.4, -0.2) is 59.2 Å². The van der Waals surface area contributed by atoms with Crippen LogP contribution in [0.2, 0.25) is 0 Å². The van der Waals surface area contributed by atoms with E-state index in [1.54, 1.807) is 28.1 Å². The Morgan fingerprint density at radius 3 is 2.35 bits per heavy atom. The lowest BCUT2D eigenvalue weighted by molar-refractivity contribution is 0.354. The Morgan fingerprint density at radius 2 is 1.81 bits per heavy atom. The molecule has 0 fully saturated rings. The fourth-order valence-electron chi connectivity index (χ4n) is 2.09. The molecular formula is C18H31N3O4S. The van der Waals surface area contributed by atoms with Crippen LogP contribution in [0.4, 0.5) is 0 Å². The van der Waals surface area contributed by atoms with Crippen LogP contribution in [0.1, 0.15) is 26.3 Å². The van der Waals surface area contributed by atoms with Crippen molar-refractivity contribution in [2.45, 2.75) is 31.9 Å². The van der Waals surface area contributed by atoms with Gasteiger partial charge in [-0.15, -0.1) is 0 Å². The van der Waals surface area contributed by atoms with Crippen molar-refractivity contribution < 1.29 is 17.9 Å². The van der Waals surface area contributed by atoms with Crippen LogP contribution in [0.25, 0.3) is 0 Å². The van der Waals surface area contributed by atoms with Crippen molar-refractivity contribution in [2.75, 3.05) is 40.1 Å². The van der Waals surface area contributed by atoms with Gasteiger partial charge in [0, 0.05) is 19.3 Å². The number of guanidine groups is 1. The van der Waals surface area contributed by atoms with Crippen molar-refractivity contribution >= 4 is 15.8 Å². The molecule has 7 nitrogen and oxygen atoms in total. The molecular weight excluding hydrogens is 354 g/mol. The van der Waals surface area contributed by atoms with Crippen molar-refractivity contribution in [2.24, 2.45) is 4.99 Å². The number of rotatable bonds is 9. The van der Waals surface area contributed by atoms with E-state index in [2.05, 4.69) is 15.6 Å². The number of sulfone groups is 1. The zero-order chi connectivity index (χ0) is 19.8. The Labute approximate surface area is 157 Å². The van der Waals surface area contributed by atoms with Crippen LogP contribution >= 0.6 is 0 Å². The van der Waals surface area contributed by atoms with E-state index < -0.39 is 14.6 Å². The average molecular weight is 386 g/mol. The summed E-state index contributed by atoms with van der Waals surface area (Å²) in [6, 6.07) is 5.80. The first kappa shape index (κ1) is 22.1. The zero-order valence-corrected chi connectivity index (χ0v) is 17.4. The van der Waals surface area contributed by atoms with Crippen LogP contribution in [0.3, 0.4) is 0 Å². The molecule has 0 spiro atoms. The Balaban J connectivity index is 2.71. The summed E-state index contributed by atoms with van der Waals surface area (Å²) in [6.45, 7) is 6.87. The third-order valence-electron chi connectivity index (χ3n) is 4.12. The van der Waals surface area contributed by atoms with Gasteiger partial charge in [-0.2, -0.15) is 0 Å². The molecule has 0 saturated carbocycles. The number of aliphatic imine (C=N–C) groups is 1. The molecule has 8 heteroatoms. The van der Waals surface area contributed by atoms with Gasteiger partial charge in [-0.1, -0.05) is 6.07 Å². The number of hydrogen-bond donors (Lipinski definition) is 2. The molecule has 1 rings (SSSR count). The van der Waals surface area contributed by atoms with Gasteiger partial charge >= 0.3 is 0 Å². The van der Waals surface area contributed by atoms with Gasteiger partial charge in [0.15, 0.2) is 27.3 Å². The third-order valence-corrected chi connectivity index (χ3v) is 6.26. The molecule has 0 aliphatic carbocycles. The maximum atomic E-state index is 11.8. The summed E-state index contributed by atoms with van der Waals surface area (Å²) >= 11 is 0. The second-order valence-corrected chi connectivity index (χ2v) is 9.24. The number of nitrogens with one attached hydrogen (secondary N) is 2. The minimum Gasteiger partial charge on any atom is -0.493 e. The van der Waals surface area contributed by atoms with Crippen molar-refractivity contribution in [3.05, 3.63) is 23.8 Å². The number of nitrogens with zero attached hydrogens (tertiary/aromatic N) is 1. The average Bonchev–Trinajstić information content (AvgIpc) is 2.58. The quantitative estimate of drug-likeness (QED) is 0.496. The summed E-state index contributed by atoms with van der Waals surface area (Å²) in [5, 5.41) is 6.36. The van der Waals surface area contributed by atoms with Crippen molar-refractivity contribution in [3.63, 3.8) is 0 Å². The molecule has 0 bridgehead atoms. The summed E-state index contributed by atoms with van der Waals surface area (Å²) < 4.78 is 33.3. The van der Waals surface area contributed by atoms with Gasteiger partial charge in [-0.3, -0.25) is 4.99 Å². The Kier molecular flexibility index (Phi) is 8.20. The second-order valence-electron chi connectivity index (χ2n) is 6.59. The lowest BCUT2D eigenvalue weighted by Gasteiger charge is -2.21. The highest BCUT2D eigenvalue weighted by Gasteiger charge is 2.29. The molecule has 148 valence electrons. The third kappa shape index (κ3) is 6.40. The molecule has 1 aromatic carbocycles. The predicted octanol–water partition coefficient (Wildman–Crippen LogP) is 1.62. The number of benzene rings is 1. The minimum absolute atomic E-state index is 0.192. The smallest absolute Gasteiger partial charge is 0.191 e. The summed E-state index contributed by atoms with van der Waals surface area (Å²) in [5.41, 5.74) is 1.10. The van der Waals surface area contributed by atoms with E-state index in [1.807, 2.05) is 25.1 Å². The molecule has 26 heavy (non-hydrogen) atoms. The van der Waals surface area contributed by atoms with Crippen LogP contribution in [-0.2, 0) is 16.3 Å². The zero-order valence-electron chi connectivity index (χ0n) is 16.5. The normalized spacial score (nSPS) is 12.6. The summed E-state index contributed by atoms with van der Waals surface area (Å²) in [7, 11) is 0.0386. The van der Waals surface area contributed by atoms with Crippen LogP contribution in [0.15, 0.2) is 23.2 Å². The summed E-state index contributed by atoms with van der Waals surface area (Å²) in [6.07, 6.45) is 2.00. The van der Waals surface area contributed by atoms with Gasteiger partial charge in [-0.05, 0) is 44.9 Å². The highest BCUT2D eigenvalue weighted by atomic mass is 32.2. The van der Waals surface area contributed by atoms with Crippen molar-refractivity contribution in [1.29, 1.82) is 0 Å². The second kappa shape index (κ2) is 9.66. The van der Waals surface area contributed by atoms with Gasteiger partial charge in [0.2, 0.25) is 0 Å². The Hall–Kier alpha value is -1.96. The summed E-state index contributed by atoms with van der Waals surface area (Å²) in [4.78, 5) is 4.41. The molecule has 0 aromatic heterocycles. The Morgan fingerprint density at radius 1 is 1.15 bits per heavy atom. The van der Waals surface area contributed by atoms with E-state index in [-0.39, 0.29) is 6.54 Å². The van der Waals surface area contributed by atoms with E-state index in [0.717, 1.165) is 12.0 Å². The van der Waals surface area contributed by atoms with E-state index in [0.29, 0.717) is 30.5 Å². The van der Waals surface area contributed by atoms with E-state index in [9.17, 15) is 8.42 Å². The van der Waals surface area contributed by atoms with Crippen molar-refractivity contribution in [3.8, 4) is 11.5 Å². The van der Waals surface area contributed by atoms with E-state index in [4.69, 9.17) is 9.47 Å². The van der Waals surface area contributed by atoms with Gasteiger partial charge in [0.1, 0.15) is 0 Å². The first-order valence-electron chi connectivity index (χ1n) is 8.57.